The molecule has 4 nitrogen and oxygen atoms in total. The zero-order valence-electron chi connectivity index (χ0n) is 11.6. The molecule has 0 aliphatic carbocycles. The molecule has 0 amide bonds. The summed E-state index contributed by atoms with van der Waals surface area (Å²) in [5, 5.41) is 9.21. The van der Waals surface area contributed by atoms with Crippen molar-refractivity contribution >= 4 is 11.8 Å². The molecule has 0 heterocycles. The highest BCUT2D eigenvalue weighted by atomic mass is 16.5. The first kappa shape index (κ1) is 15.2. The molecule has 0 saturated heterocycles. The van der Waals surface area contributed by atoms with Crippen LogP contribution in [0.1, 0.15) is 32.8 Å². The maximum Gasteiger partial charge on any atom is 0.303 e. The summed E-state index contributed by atoms with van der Waals surface area (Å²) in [6.07, 6.45) is -0.0222. The molecule has 1 aromatic carbocycles. The molecule has 19 heavy (non-hydrogen) atoms. The van der Waals surface area contributed by atoms with Crippen LogP contribution >= 0.6 is 0 Å². The van der Waals surface area contributed by atoms with Crippen LogP contribution in [0.15, 0.2) is 24.3 Å². The first-order chi connectivity index (χ1) is 8.88. The van der Waals surface area contributed by atoms with Crippen LogP contribution in [0.3, 0.4) is 0 Å². The minimum atomic E-state index is -0.746. The molecule has 4 heteroatoms. The first-order valence-corrected chi connectivity index (χ1v) is 6.36. The molecule has 0 bridgehead atoms. The fourth-order valence-corrected chi connectivity index (χ4v) is 1.80. The monoisotopic (exact) mass is 264 g/mol. The van der Waals surface area contributed by atoms with Crippen LogP contribution < -0.4 is 0 Å². The van der Waals surface area contributed by atoms with Crippen LogP contribution in [0.4, 0.5) is 0 Å². The van der Waals surface area contributed by atoms with Crippen molar-refractivity contribution in [1.29, 1.82) is 0 Å². The number of ketones is 1. The minimum Gasteiger partial charge on any atom is -0.508 e. The average Bonchev–Trinajstić information content (AvgIpc) is 2.29. The van der Waals surface area contributed by atoms with E-state index in [1.165, 1.54) is 6.92 Å². The second-order valence-electron chi connectivity index (χ2n) is 5.03. The van der Waals surface area contributed by atoms with E-state index in [0.29, 0.717) is 12.8 Å². The normalized spacial score (nSPS) is 12.2. The van der Waals surface area contributed by atoms with Gasteiger partial charge < -0.3 is 9.84 Å². The van der Waals surface area contributed by atoms with Gasteiger partial charge in [-0.1, -0.05) is 26.0 Å². The number of hydrogen-bond acceptors (Lipinski definition) is 4. The van der Waals surface area contributed by atoms with Crippen LogP contribution in [0, 0.1) is 5.92 Å². The number of phenols is 1. The van der Waals surface area contributed by atoms with Gasteiger partial charge in [-0.25, -0.2) is 0 Å². The van der Waals surface area contributed by atoms with Gasteiger partial charge in [0, 0.05) is 19.8 Å². The number of carbonyl (C=O) groups excluding carboxylic acids is 2. The van der Waals surface area contributed by atoms with Crippen LogP contribution in [-0.4, -0.2) is 23.0 Å². The Hall–Kier alpha value is -1.84. The van der Waals surface area contributed by atoms with Gasteiger partial charge in [-0.15, -0.1) is 0 Å². The molecule has 104 valence electrons. The molecule has 1 N–H and O–H groups in total. The Bertz CT molecular complexity index is 434. The third-order valence-electron chi connectivity index (χ3n) is 2.63. The zero-order chi connectivity index (χ0) is 14.4. The molecule has 0 aromatic heterocycles. The minimum absolute atomic E-state index is 0.0710. The number of ether oxygens (including phenoxy) is 1. The van der Waals surface area contributed by atoms with Crippen molar-refractivity contribution in [1.82, 2.24) is 0 Å². The highest BCUT2D eigenvalue weighted by molar-refractivity contribution is 5.85. The lowest BCUT2D eigenvalue weighted by molar-refractivity contribution is -0.153. The SMILES string of the molecule is CC(=O)O[C@@H](Cc1ccc(O)cc1)C(=O)CC(C)C. The quantitative estimate of drug-likeness (QED) is 0.802. The van der Waals surface area contributed by atoms with E-state index in [1.54, 1.807) is 24.3 Å². The van der Waals surface area contributed by atoms with Gasteiger partial charge >= 0.3 is 5.97 Å². The average molecular weight is 264 g/mol. The summed E-state index contributed by atoms with van der Waals surface area (Å²) in [7, 11) is 0. The number of carbonyl (C=O) groups is 2. The fourth-order valence-electron chi connectivity index (χ4n) is 1.80. The van der Waals surface area contributed by atoms with Crippen molar-refractivity contribution in [2.45, 2.75) is 39.7 Å². The van der Waals surface area contributed by atoms with Gasteiger partial charge in [-0.2, -0.15) is 0 Å². The lowest BCUT2D eigenvalue weighted by Crippen LogP contribution is -2.29. The fraction of sp³-hybridized carbons (Fsp3) is 0.467. The van der Waals surface area contributed by atoms with Crippen LogP contribution in [0.2, 0.25) is 0 Å². The summed E-state index contributed by atoms with van der Waals surface area (Å²) < 4.78 is 5.10. The van der Waals surface area contributed by atoms with Crippen molar-refractivity contribution < 1.29 is 19.4 Å². The van der Waals surface area contributed by atoms with Gasteiger partial charge in [-0.05, 0) is 23.6 Å². The third kappa shape index (κ3) is 5.55. The van der Waals surface area contributed by atoms with Gasteiger partial charge in [0.25, 0.3) is 0 Å². The number of benzene rings is 1. The molecule has 0 spiro atoms. The second kappa shape index (κ2) is 6.92. The number of aromatic hydroxyl groups is 1. The Morgan fingerprint density at radius 1 is 1.21 bits per heavy atom. The highest BCUT2D eigenvalue weighted by Gasteiger charge is 2.22. The van der Waals surface area contributed by atoms with Crippen molar-refractivity contribution in [3.63, 3.8) is 0 Å². The van der Waals surface area contributed by atoms with E-state index in [2.05, 4.69) is 0 Å². The zero-order valence-corrected chi connectivity index (χ0v) is 11.6. The lowest BCUT2D eigenvalue weighted by Gasteiger charge is -2.17. The molecule has 1 rings (SSSR count). The Kier molecular flexibility index (Phi) is 5.55. The number of Topliss-reactive ketones (excluding diaryl/α,β-unsaturated/α-hetero) is 1. The molecule has 0 fully saturated rings. The highest BCUT2D eigenvalue weighted by Crippen LogP contribution is 2.15. The van der Waals surface area contributed by atoms with Crippen molar-refractivity contribution in [3.05, 3.63) is 29.8 Å². The first-order valence-electron chi connectivity index (χ1n) is 6.36. The molecule has 0 saturated carbocycles. The van der Waals surface area contributed by atoms with Gasteiger partial charge in [-0.3, -0.25) is 9.59 Å². The molecular formula is C15H20O4. The largest absolute Gasteiger partial charge is 0.508 e. The summed E-state index contributed by atoms with van der Waals surface area (Å²) in [5.41, 5.74) is 0.848. The van der Waals surface area contributed by atoms with Gasteiger partial charge in [0.15, 0.2) is 11.9 Å². The van der Waals surface area contributed by atoms with Gasteiger partial charge in [0.2, 0.25) is 0 Å². The molecule has 0 unspecified atom stereocenters. The summed E-state index contributed by atoms with van der Waals surface area (Å²) in [4.78, 5) is 23.1. The van der Waals surface area contributed by atoms with E-state index < -0.39 is 12.1 Å². The molecule has 0 aliphatic heterocycles. The Labute approximate surface area is 113 Å². The van der Waals surface area contributed by atoms with Gasteiger partial charge in [0.05, 0.1) is 0 Å². The molecular weight excluding hydrogens is 244 g/mol. The predicted octanol–water partition coefficient (Wildman–Crippen LogP) is 2.48. The van der Waals surface area contributed by atoms with Gasteiger partial charge in [0.1, 0.15) is 5.75 Å². The van der Waals surface area contributed by atoms with E-state index >= 15 is 0 Å². The molecule has 1 atom stereocenters. The van der Waals surface area contributed by atoms with E-state index in [4.69, 9.17) is 4.74 Å². The Balaban J connectivity index is 2.76. The van der Waals surface area contributed by atoms with Crippen LogP contribution in [0.25, 0.3) is 0 Å². The maximum absolute atomic E-state index is 12.0. The lowest BCUT2D eigenvalue weighted by atomic mass is 9.98. The van der Waals surface area contributed by atoms with E-state index in [-0.39, 0.29) is 17.5 Å². The van der Waals surface area contributed by atoms with Crippen molar-refractivity contribution in [3.8, 4) is 5.75 Å². The summed E-state index contributed by atoms with van der Waals surface area (Å²) in [6, 6.07) is 6.53. The number of esters is 1. The number of phenolic OH excluding ortho intramolecular Hbond substituents is 1. The predicted molar refractivity (Wildman–Crippen MR) is 71.8 cm³/mol. The molecule has 0 aliphatic rings. The topological polar surface area (TPSA) is 63.6 Å². The standard InChI is InChI=1S/C15H20O4/c1-10(2)8-14(18)15(19-11(3)16)9-12-4-6-13(17)7-5-12/h4-7,10,15,17H,8-9H2,1-3H3/t15-/m0/s1. The van der Waals surface area contributed by atoms with E-state index in [1.807, 2.05) is 13.8 Å². The number of rotatable bonds is 6. The van der Waals surface area contributed by atoms with E-state index in [0.717, 1.165) is 5.56 Å². The van der Waals surface area contributed by atoms with E-state index in [9.17, 15) is 14.7 Å². The summed E-state index contributed by atoms with van der Waals surface area (Å²) in [6.45, 7) is 5.19. The molecule has 1 aromatic rings. The Morgan fingerprint density at radius 2 is 1.79 bits per heavy atom. The smallest absolute Gasteiger partial charge is 0.303 e. The summed E-state index contributed by atoms with van der Waals surface area (Å²) in [5.74, 6) is -0.133. The van der Waals surface area contributed by atoms with Crippen LogP contribution in [-0.2, 0) is 20.7 Å². The molecule has 0 radical (unpaired) electrons. The third-order valence-corrected chi connectivity index (χ3v) is 2.63. The summed E-state index contributed by atoms with van der Waals surface area (Å²) >= 11 is 0. The second-order valence-corrected chi connectivity index (χ2v) is 5.03. The Morgan fingerprint density at radius 3 is 2.26 bits per heavy atom. The number of hydrogen-bond donors (Lipinski definition) is 1. The maximum atomic E-state index is 12.0. The van der Waals surface area contributed by atoms with Crippen molar-refractivity contribution in [2.24, 2.45) is 5.92 Å². The van der Waals surface area contributed by atoms with Crippen LogP contribution in [0.5, 0.6) is 5.75 Å². The van der Waals surface area contributed by atoms with Crippen molar-refractivity contribution in [2.75, 3.05) is 0 Å².